The fraction of sp³-hybridized carbons (Fsp3) is 0.125. The maximum atomic E-state index is 11.9. The van der Waals surface area contributed by atoms with Gasteiger partial charge in [-0.1, -0.05) is 13.0 Å². The monoisotopic (exact) mass is 392 g/mol. The second-order valence-corrected chi connectivity index (χ2v) is 6.58. The Hall–Kier alpha value is -2.36. The number of amides is 2. The minimum Gasteiger partial charge on any atom is -0.332 e. The molecule has 1 aromatic heterocycles. The van der Waals surface area contributed by atoms with Crippen LogP contribution in [0.15, 0.2) is 41.8 Å². The van der Waals surface area contributed by atoms with Crippen molar-refractivity contribution >= 4 is 69.2 Å². The maximum Gasteiger partial charge on any atom is 0.267 e. The molecule has 9 heteroatoms. The minimum absolute atomic E-state index is 0.150. The second kappa shape index (κ2) is 9.21. The van der Waals surface area contributed by atoms with E-state index in [2.05, 4.69) is 21.3 Å². The van der Waals surface area contributed by atoms with E-state index in [1.54, 1.807) is 43.3 Å². The molecule has 1 heterocycles. The summed E-state index contributed by atoms with van der Waals surface area (Å²) >= 11 is 11.5. The zero-order valence-corrected chi connectivity index (χ0v) is 15.7. The van der Waals surface area contributed by atoms with Gasteiger partial charge in [-0.05, 0) is 60.1 Å². The van der Waals surface area contributed by atoms with Crippen LogP contribution in [0.25, 0.3) is 0 Å². The van der Waals surface area contributed by atoms with Crippen molar-refractivity contribution in [3.63, 3.8) is 0 Å². The maximum absolute atomic E-state index is 11.9. The number of carbonyl (C=O) groups is 2. The van der Waals surface area contributed by atoms with Crippen molar-refractivity contribution in [3.05, 3.63) is 46.7 Å². The van der Waals surface area contributed by atoms with Gasteiger partial charge >= 0.3 is 0 Å². The molecule has 0 saturated heterocycles. The summed E-state index contributed by atoms with van der Waals surface area (Å²) in [6, 6.07) is 10.6. The largest absolute Gasteiger partial charge is 0.332 e. The van der Waals surface area contributed by atoms with Crippen LogP contribution in [-0.2, 0) is 4.79 Å². The van der Waals surface area contributed by atoms with Gasteiger partial charge < -0.3 is 16.0 Å². The van der Waals surface area contributed by atoms with Crippen molar-refractivity contribution in [2.45, 2.75) is 13.3 Å². The lowest BCUT2D eigenvalue weighted by atomic mass is 10.3. The van der Waals surface area contributed by atoms with Gasteiger partial charge in [-0.2, -0.15) is 0 Å². The molecule has 0 aliphatic carbocycles. The quantitative estimate of drug-likeness (QED) is 0.599. The molecule has 130 valence electrons. The van der Waals surface area contributed by atoms with E-state index in [0.29, 0.717) is 17.0 Å². The molecule has 0 aliphatic rings. The highest BCUT2D eigenvalue weighted by atomic mass is 32.1. The molecule has 0 aliphatic heterocycles. The zero-order valence-electron chi connectivity index (χ0n) is 13.3. The predicted octanol–water partition coefficient (Wildman–Crippen LogP) is 3.10. The van der Waals surface area contributed by atoms with Crippen LogP contribution in [0.1, 0.15) is 23.0 Å². The fourth-order valence-electron chi connectivity index (χ4n) is 1.75. The first kappa shape index (κ1) is 19.0. The highest BCUT2D eigenvalue weighted by Crippen LogP contribution is 2.14. The highest BCUT2D eigenvalue weighted by molar-refractivity contribution is 7.80. The van der Waals surface area contributed by atoms with Crippen LogP contribution in [0.4, 0.5) is 11.4 Å². The van der Waals surface area contributed by atoms with Crippen LogP contribution in [-0.4, -0.2) is 22.0 Å². The Balaban J connectivity index is 1.85. The SMILES string of the molecule is CCC(=O)NC(=S)Nc1ccc(NC(=S)NC(=O)c2cccs2)cc1. The second-order valence-electron chi connectivity index (χ2n) is 4.82. The molecule has 4 N–H and O–H groups in total. The van der Waals surface area contributed by atoms with Crippen molar-refractivity contribution < 1.29 is 9.59 Å². The molecule has 0 atom stereocenters. The number of benzene rings is 1. The molecular weight excluding hydrogens is 376 g/mol. The van der Waals surface area contributed by atoms with Crippen LogP contribution >= 0.6 is 35.8 Å². The average Bonchev–Trinajstić information content (AvgIpc) is 3.11. The molecule has 0 saturated carbocycles. The smallest absolute Gasteiger partial charge is 0.267 e. The van der Waals surface area contributed by atoms with E-state index in [1.165, 1.54) is 11.3 Å². The lowest BCUT2D eigenvalue weighted by Gasteiger charge is -2.11. The number of nitrogens with one attached hydrogen (secondary N) is 4. The molecule has 0 spiro atoms. The number of thiocarbonyl (C=S) groups is 2. The molecule has 6 nitrogen and oxygen atoms in total. The minimum atomic E-state index is -0.247. The van der Waals surface area contributed by atoms with E-state index < -0.39 is 0 Å². The first-order valence-electron chi connectivity index (χ1n) is 7.34. The number of rotatable bonds is 4. The van der Waals surface area contributed by atoms with Crippen molar-refractivity contribution in [2.75, 3.05) is 10.6 Å². The van der Waals surface area contributed by atoms with E-state index >= 15 is 0 Å². The summed E-state index contributed by atoms with van der Waals surface area (Å²) in [6.07, 6.45) is 0.360. The van der Waals surface area contributed by atoms with Gasteiger partial charge in [0.25, 0.3) is 5.91 Å². The molecule has 0 unspecified atom stereocenters. The molecule has 0 bridgehead atoms. The van der Waals surface area contributed by atoms with E-state index in [9.17, 15) is 9.59 Å². The van der Waals surface area contributed by atoms with Crippen molar-refractivity contribution in [2.24, 2.45) is 0 Å². The van der Waals surface area contributed by atoms with Gasteiger partial charge in [0.2, 0.25) is 5.91 Å². The Kier molecular flexibility index (Phi) is 6.99. The van der Waals surface area contributed by atoms with Gasteiger partial charge in [0.15, 0.2) is 10.2 Å². The van der Waals surface area contributed by atoms with Gasteiger partial charge in [0.1, 0.15) is 0 Å². The van der Waals surface area contributed by atoms with Gasteiger partial charge in [0, 0.05) is 17.8 Å². The molecule has 2 aromatic rings. The average molecular weight is 393 g/mol. The lowest BCUT2D eigenvalue weighted by Crippen LogP contribution is -2.34. The standard InChI is InChI=1S/C16H16N4O2S3/c1-2-13(21)19-15(23)17-10-5-7-11(8-6-10)18-16(24)20-14(22)12-4-3-9-25-12/h3-9H,2H2,1H3,(H2,17,19,21,23)(H2,18,20,22,24). The molecule has 0 radical (unpaired) electrons. The molecule has 2 rings (SSSR count). The summed E-state index contributed by atoms with van der Waals surface area (Å²) in [5.74, 6) is -0.398. The lowest BCUT2D eigenvalue weighted by molar-refractivity contribution is -0.119. The number of thiophene rings is 1. The number of hydrogen-bond donors (Lipinski definition) is 4. The third kappa shape index (κ3) is 6.22. The Morgan fingerprint density at radius 2 is 1.52 bits per heavy atom. The first-order valence-corrected chi connectivity index (χ1v) is 9.04. The third-order valence-corrected chi connectivity index (χ3v) is 4.22. The van der Waals surface area contributed by atoms with Crippen LogP contribution in [0.3, 0.4) is 0 Å². The van der Waals surface area contributed by atoms with Crippen LogP contribution < -0.4 is 21.3 Å². The topological polar surface area (TPSA) is 82.3 Å². The fourth-order valence-corrected chi connectivity index (χ4v) is 2.81. The summed E-state index contributed by atoms with van der Waals surface area (Å²) in [5, 5.41) is 13.3. The third-order valence-electron chi connectivity index (χ3n) is 2.95. The summed E-state index contributed by atoms with van der Waals surface area (Å²) < 4.78 is 0. The number of hydrogen-bond acceptors (Lipinski definition) is 5. The Labute approximate surface area is 160 Å². The van der Waals surface area contributed by atoms with E-state index in [1.807, 2.05) is 5.38 Å². The normalized spacial score (nSPS) is 9.80. The van der Waals surface area contributed by atoms with Crippen LogP contribution in [0.5, 0.6) is 0 Å². The first-order chi connectivity index (χ1) is 12.0. The van der Waals surface area contributed by atoms with Gasteiger partial charge in [-0.25, -0.2) is 0 Å². The molecule has 1 aromatic carbocycles. The molecular formula is C16H16N4O2S3. The Morgan fingerprint density at radius 3 is 2.00 bits per heavy atom. The highest BCUT2D eigenvalue weighted by Gasteiger charge is 2.08. The van der Waals surface area contributed by atoms with E-state index in [-0.39, 0.29) is 22.0 Å². The Morgan fingerprint density at radius 1 is 0.960 bits per heavy atom. The molecule has 0 fully saturated rings. The Bertz CT molecular complexity index is 773. The summed E-state index contributed by atoms with van der Waals surface area (Å²) in [4.78, 5) is 23.8. The summed E-state index contributed by atoms with van der Waals surface area (Å²) in [7, 11) is 0. The van der Waals surface area contributed by atoms with Crippen molar-refractivity contribution in [3.8, 4) is 0 Å². The van der Waals surface area contributed by atoms with Crippen LogP contribution in [0, 0.1) is 0 Å². The van der Waals surface area contributed by atoms with Gasteiger partial charge in [0.05, 0.1) is 4.88 Å². The van der Waals surface area contributed by atoms with Gasteiger partial charge in [-0.15, -0.1) is 11.3 Å². The predicted molar refractivity (Wildman–Crippen MR) is 109 cm³/mol. The number of carbonyl (C=O) groups excluding carboxylic acids is 2. The van der Waals surface area contributed by atoms with E-state index in [4.69, 9.17) is 24.4 Å². The summed E-state index contributed by atoms with van der Waals surface area (Å²) in [5.41, 5.74) is 1.44. The van der Waals surface area contributed by atoms with E-state index in [0.717, 1.165) is 5.69 Å². The van der Waals surface area contributed by atoms with Crippen molar-refractivity contribution in [1.29, 1.82) is 0 Å². The van der Waals surface area contributed by atoms with Crippen LogP contribution in [0.2, 0.25) is 0 Å². The van der Waals surface area contributed by atoms with Gasteiger partial charge in [-0.3, -0.25) is 14.9 Å². The molecule has 2 amide bonds. The summed E-state index contributed by atoms with van der Waals surface area (Å²) in [6.45, 7) is 1.75. The molecule has 25 heavy (non-hydrogen) atoms. The number of anilines is 2. The van der Waals surface area contributed by atoms with Crippen molar-refractivity contribution in [1.82, 2.24) is 10.6 Å². The zero-order chi connectivity index (χ0) is 18.2.